The van der Waals surface area contributed by atoms with Crippen LogP contribution in [0.25, 0.3) is 66.1 Å². The molecule has 1 spiro atoms. The van der Waals surface area contributed by atoms with Crippen LogP contribution >= 0.6 is 0 Å². The van der Waals surface area contributed by atoms with Gasteiger partial charge in [0.05, 0.1) is 5.41 Å². The van der Waals surface area contributed by atoms with E-state index < -0.39 is 5.41 Å². The maximum absolute atomic E-state index is 6.69. The molecule has 1 nitrogen and oxygen atoms in total. The van der Waals surface area contributed by atoms with E-state index in [-0.39, 0.29) is 0 Å². The molecular formula is C46H28O. The van der Waals surface area contributed by atoms with Gasteiger partial charge in [-0.05, 0) is 108 Å². The van der Waals surface area contributed by atoms with Crippen LogP contribution < -0.4 is 4.74 Å². The third-order valence-electron chi connectivity index (χ3n) is 11.0. The van der Waals surface area contributed by atoms with Crippen LogP contribution in [-0.2, 0) is 5.41 Å². The van der Waals surface area contributed by atoms with E-state index in [9.17, 15) is 0 Å². The number of aryl methyl sites for hydroxylation is 1. The van der Waals surface area contributed by atoms with Crippen LogP contribution in [0.2, 0.25) is 0 Å². The van der Waals surface area contributed by atoms with Gasteiger partial charge in [-0.3, -0.25) is 0 Å². The van der Waals surface area contributed by atoms with E-state index in [1.807, 2.05) is 0 Å². The van der Waals surface area contributed by atoms with Crippen molar-refractivity contribution >= 4 is 21.5 Å². The first-order valence-corrected chi connectivity index (χ1v) is 16.4. The molecule has 0 aromatic heterocycles. The molecule has 0 bridgehead atoms. The first-order valence-electron chi connectivity index (χ1n) is 16.4. The Morgan fingerprint density at radius 1 is 0.447 bits per heavy atom. The van der Waals surface area contributed by atoms with Crippen LogP contribution in [0.15, 0.2) is 152 Å². The second-order valence-corrected chi connectivity index (χ2v) is 13.2. The minimum Gasteiger partial charge on any atom is -0.456 e. The van der Waals surface area contributed by atoms with Gasteiger partial charge in [0, 0.05) is 10.9 Å². The van der Waals surface area contributed by atoms with Crippen molar-refractivity contribution in [1.82, 2.24) is 0 Å². The van der Waals surface area contributed by atoms with E-state index in [0.717, 1.165) is 17.1 Å². The van der Waals surface area contributed by atoms with Gasteiger partial charge in [-0.25, -0.2) is 0 Å². The highest BCUT2D eigenvalue weighted by atomic mass is 16.5. The van der Waals surface area contributed by atoms with Crippen molar-refractivity contribution in [2.24, 2.45) is 0 Å². The predicted molar refractivity (Wildman–Crippen MR) is 193 cm³/mol. The van der Waals surface area contributed by atoms with Gasteiger partial charge in [0.25, 0.3) is 0 Å². The van der Waals surface area contributed by atoms with Gasteiger partial charge < -0.3 is 4.74 Å². The third kappa shape index (κ3) is 3.05. The van der Waals surface area contributed by atoms with Gasteiger partial charge in [0.2, 0.25) is 0 Å². The molecule has 0 N–H and O–H groups in total. The lowest BCUT2D eigenvalue weighted by molar-refractivity contribution is 0.487. The van der Waals surface area contributed by atoms with Crippen LogP contribution in [0.1, 0.15) is 27.8 Å². The first-order chi connectivity index (χ1) is 23.2. The highest BCUT2D eigenvalue weighted by molar-refractivity contribution is 6.09. The maximum Gasteiger partial charge on any atom is 0.136 e. The number of hydrogen-bond acceptors (Lipinski definition) is 1. The van der Waals surface area contributed by atoms with Gasteiger partial charge in [-0.1, -0.05) is 133 Å². The number of rotatable bonds is 1. The molecule has 1 aliphatic heterocycles. The largest absolute Gasteiger partial charge is 0.456 e. The molecule has 0 saturated carbocycles. The van der Waals surface area contributed by atoms with E-state index >= 15 is 0 Å². The number of para-hydroxylation sites is 1. The van der Waals surface area contributed by atoms with Crippen molar-refractivity contribution in [2.75, 3.05) is 0 Å². The molecule has 11 rings (SSSR count). The molecule has 8 aromatic rings. The number of hydrogen-bond donors (Lipinski definition) is 0. The van der Waals surface area contributed by atoms with E-state index in [1.54, 1.807) is 0 Å². The molecule has 1 heterocycles. The van der Waals surface area contributed by atoms with Gasteiger partial charge in [-0.2, -0.15) is 0 Å². The second kappa shape index (κ2) is 8.87. The fourth-order valence-corrected chi connectivity index (χ4v) is 9.23. The average molecular weight is 597 g/mol. The monoisotopic (exact) mass is 596 g/mol. The fraction of sp³-hybridized carbons (Fsp3) is 0.0435. The van der Waals surface area contributed by atoms with E-state index in [0.29, 0.717) is 0 Å². The summed E-state index contributed by atoms with van der Waals surface area (Å²) in [6.45, 7) is 2.27. The Balaban J connectivity index is 1.28. The summed E-state index contributed by atoms with van der Waals surface area (Å²) in [5.74, 6) is 1.83. The van der Waals surface area contributed by atoms with Crippen molar-refractivity contribution in [2.45, 2.75) is 12.3 Å². The van der Waals surface area contributed by atoms with E-state index in [2.05, 4.69) is 159 Å². The summed E-state index contributed by atoms with van der Waals surface area (Å²) in [5.41, 5.74) is 16.5. The minimum atomic E-state index is -0.454. The number of fused-ring (bicyclic) bond motifs is 14. The zero-order valence-electron chi connectivity index (χ0n) is 25.8. The Hall–Kier alpha value is -5.92. The van der Waals surface area contributed by atoms with Crippen LogP contribution in [0.3, 0.4) is 0 Å². The summed E-state index contributed by atoms with van der Waals surface area (Å²) < 4.78 is 6.69. The lowest BCUT2D eigenvalue weighted by Gasteiger charge is -2.32. The van der Waals surface area contributed by atoms with Crippen molar-refractivity contribution in [3.63, 3.8) is 0 Å². The van der Waals surface area contributed by atoms with Gasteiger partial charge in [-0.15, -0.1) is 0 Å². The summed E-state index contributed by atoms with van der Waals surface area (Å²) in [6.07, 6.45) is 0. The van der Waals surface area contributed by atoms with Crippen LogP contribution in [0.4, 0.5) is 0 Å². The number of benzene rings is 8. The van der Waals surface area contributed by atoms with Crippen LogP contribution in [0, 0.1) is 6.92 Å². The molecule has 0 radical (unpaired) electrons. The van der Waals surface area contributed by atoms with Crippen LogP contribution in [-0.4, -0.2) is 0 Å². The molecule has 1 heteroatoms. The molecule has 1 unspecified atom stereocenters. The van der Waals surface area contributed by atoms with E-state index in [4.69, 9.17) is 4.74 Å². The summed E-state index contributed by atoms with van der Waals surface area (Å²) in [4.78, 5) is 0. The SMILES string of the molecule is Cc1cccc2c1-c1cccc(-c3cc4c5c(cccc5c3)-c3ccccc3O4)c1C21c2ccccc2-c2c1ccc1ccccc21. The third-order valence-corrected chi connectivity index (χ3v) is 11.0. The van der Waals surface area contributed by atoms with Crippen molar-refractivity contribution in [1.29, 1.82) is 0 Å². The quantitative estimate of drug-likeness (QED) is 0.183. The Morgan fingerprint density at radius 2 is 1.13 bits per heavy atom. The smallest absolute Gasteiger partial charge is 0.136 e. The molecular weight excluding hydrogens is 569 g/mol. The first kappa shape index (κ1) is 25.3. The molecule has 218 valence electrons. The molecule has 0 saturated heterocycles. The molecule has 1 atom stereocenters. The molecule has 0 amide bonds. The van der Waals surface area contributed by atoms with Crippen molar-refractivity contribution in [3.8, 4) is 56.0 Å². The molecule has 2 aliphatic carbocycles. The standard InChI is InChI=1S/C46H28O/c1-27-11-8-21-38-42(27)36-19-10-17-32(30-25-29-13-9-18-34-33-15-5-7-22-40(33)47-41(26-30)43(29)34)45(36)46(38)37-20-6-4-16-35(37)44-31-14-3-2-12-28(31)23-24-39(44)46/h2-26H,1H3. The Morgan fingerprint density at radius 3 is 2.09 bits per heavy atom. The molecule has 0 fully saturated rings. The summed E-state index contributed by atoms with van der Waals surface area (Å²) >= 11 is 0. The van der Waals surface area contributed by atoms with Gasteiger partial charge >= 0.3 is 0 Å². The lowest BCUT2D eigenvalue weighted by atomic mass is 9.68. The highest BCUT2D eigenvalue weighted by Crippen LogP contribution is 2.66. The van der Waals surface area contributed by atoms with Gasteiger partial charge in [0.1, 0.15) is 11.5 Å². The maximum atomic E-state index is 6.69. The second-order valence-electron chi connectivity index (χ2n) is 13.2. The minimum absolute atomic E-state index is 0.454. The fourth-order valence-electron chi connectivity index (χ4n) is 9.23. The molecule has 3 aliphatic rings. The topological polar surface area (TPSA) is 9.23 Å². The van der Waals surface area contributed by atoms with Gasteiger partial charge in [0.15, 0.2) is 0 Å². The van der Waals surface area contributed by atoms with Crippen molar-refractivity contribution < 1.29 is 4.74 Å². The Bertz CT molecular complexity index is 2680. The molecule has 47 heavy (non-hydrogen) atoms. The Kier molecular flexibility index (Phi) is 4.77. The highest BCUT2D eigenvalue weighted by Gasteiger charge is 2.53. The Labute approximate surface area is 273 Å². The zero-order valence-corrected chi connectivity index (χ0v) is 25.8. The lowest BCUT2D eigenvalue weighted by Crippen LogP contribution is -2.26. The van der Waals surface area contributed by atoms with Crippen LogP contribution in [0.5, 0.6) is 11.5 Å². The summed E-state index contributed by atoms with van der Waals surface area (Å²) in [7, 11) is 0. The summed E-state index contributed by atoms with van der Waals surface area (Å²) in [6, 6.07) is 56.2. The van der Waals surface area contributed by atoms with Crippen molar-refractivity contribution in [3.05, 3.63) is 179 Å². The zero-order chi connectivity index (χ0) is 30.9. The van der Waals surface area contributed by atoms with E-state index in [1.165, 1.54) is 88.3 Å². The molecule has 8 aromatic carbocycles. The number of ether oxygens (including phenoxy) is 1. The predicted octanol–water partition coefficient (Wildman–Crippen LogP) is 12.1. The normalized spacial score (nSPS) is 16.0. The average Bonchev–Trinajstić information content (AvgIpc) is 3.60. The summed E-state index contributed by atoms with van der Waals surface area (Å²) in [5, 5.41) is 4.96.